The van der Waals surface area contributed by atoms with Crippen LogP contribution in [0.3, 0.4) is 0 Å². The van der Waals surface area contributed by atoms with Crippen molar-refractivity contribution in [2.24, 2.45) is 0 Å². The van der Waals surface area contributed by atoms with Gasteiger partial charge in [0.2, 0.25) is 0 Å². The Morgan fingerprint density at radius 2 is 0.690 bits per heavy atom. The zero-order valence-corrected chi connectivity index (χ0v) is 37.7. The first kappa shape index (κ1) is 39.2. The van der Waals surface area contributed by atoms with Crippen LogP contribution in [0.2, 0.25) is 0 Å². The molecule has 0 aliphatic carbocycles. The van der Waals surface area contributed by atoms with E-state index in [1.165, 1.54) is 134 Å². The van der Waals surface area contributed by atoms with Crippen LogP contribution in [-0.4, -0.2) is 4.98 Å². The Kier molecular flexibility index (Phi) is 9.28. The van der Waals surface area contributed by atoms with E-state index in [4.69, 9.17) is 0 Å². The quantitative estimate of drug-likeness (QED) is 0.180. The molecule has 0 saturated carbocycles. The van der Waals surface area contributed by atoms with Crippen LogP contribution in [0.5, 0.6) is 0 Å². The molecule has 2 aliphatic rings. The number of hydrogen-bond donors (Lipinski definition) is 0. The van der Waals surface area contributed by atoms with Crippen molar-refractivity contribution >= 4 is 34.1 Å². The van der Waals surface area contributed by atoms with Crippen molar-refractivity contribution in [3.63, 3.8) is 0 Å². The maximum Gasteiger partial charge on any atom is 0.0993 e. The highest BCUT2D eigenvalue weighted by atomic mass is 15.2. The molecule has 294 valence electrons. The van der Waals surface area contributed by atoms with Crippen LogP contribution >= 0.6 is 0 Å². The molecule has 0 amide bonds. The fraction of sp³-hybridized carbons (Fsp3) is 0.333. The third-order valence-corrected chi connectivity index (χ3v) is 15.4. The fourth-order valence-corrected chi connectivity index (χ4v) is 10.5. The molecule has 5 aromatic carbocycles. The molecule has 0 radical (unpaired) electrons. The second kappa shape index (κ2) is 13.7. The molecular weight excluding hydrogens is 705 g/mol. The van der Waals surface area contributed by atoms with Crippen molar-refractivity contribution in [3.05, 3.63) is 153 Å². The van der Waals surface area contributed by atoms with E-state index in [1.54, 1.807) is 0 Å². The zero-order valence-electron chi connectivity index (χ0n) is 37.7. The molecule has 4 heteroatoms. The van der Waals surface area contributed by atoms with Crippen molar-refractivity contribution in [3.8, 4) is 17.2 Å². The molecule has 3 heterocycles. The Hall–Kier alpha value is -5.66. The van der Waals surface area contributed by atoms with Crippen molar-refractivity contribution in [1.82, 2.24) is 4.98 Å². The number of benzene rings is 5. The number of pyridine rings is 1. The first-order valence-electron chi connectivity index (χ1n) is 20.9. The molecule has 6 aromatic rings. The molecule has 8 rings (SSSR count). The summed E-state index contributed by atoms with van der Waals surface area (Å²) in [6.45, 7) is 36.6. The van der Waals surface area contributed by atoms with E-state index in [0.717, 1.165) is 35.3 Å². The van der Waals surface area contributed by atoms with Crippen molar-refractivity contribution in [1.29, 1.82) is 5.26 Å². The lowest BCUT2D eigenvalue weighted by molar-refractivity contribution is 0.990. The summed E-state index contributed by atoms with van der Waals surface area (Å²) >= 11 is 0. The Labute approximate surface area is 347 Å². The average molecular weight is 763 g/mol. The topological polar surface area (TPSA) is 43.2 Å². The summed E-state index contributed by atoms with van der Waals surface area (Å²) in [6.07, 6.45) is 5.57. The van der Waals surface area contributed by atoms with E-state index in [-0.39, 0.29) is 0 Å². The van der Waals surface area contributed by atoms with E-state index in [9.17, 15) is 5.26 Å². The minimum atomic E-state index is 0.637. The first-order valence-corrected chi connectivity index (χ1v) is 20.9. The molecule has 58 heavy (non-hydrogen) atoms. The Morgan fingerprint density at radius 1 is 0.414 bits per heavy atom. The molecule has 0 N–H and O–H groups in total. The molecule has 2 aliphatic heterocycles. The lowest BCUT2D eigenvalue weighted by atomic mass is 9.79. The van der Waals surface area contributed by atoms with Gasteiger partial charge in [0.15, 0.2) is 0 Å². The van der Waals surface area contributed by atoms with Crippen LogP contribution in [0.15, 0.2) is 36.7 Å². The van der Waals surface area contributed by atoms with Gasteiger partial charge in [-0.25, -0.2) is 0 Å². The molecule has 0 unspecified atom stereocenters. The summed E-state index contributed by atoms with van der Waals surface area (Å²) < 4.78 is 0. The predicted molar refractivity (Wildman–Crippen MR) is 245 cm³/mol. The van der Waals surface area contributed by atoms with Crippen LogP contribution in [0.1, 0.15) is 117 Å². The number of anilines is 6. The van der Waals surface area contributed by atoms with E-state index in [2.05, 4.69) is 156 Å². The second-order valence-electron chi connectivity index (χ2n) is 17.6. The highest BCUT2D eigenvalue weighted by Crippen LogP contribution is 2.58. The number of aromatic nitrogens is 1. The Bertz CT molecular complexity index is 2540. The fourth-order valence-electron chi connectivity index (χ4n) is 10.5. The van der Waals surface area contributed by atoms with E-state index in [0.29, 0.717) is 5.56 Å². The summed E-state index contributed by atoms with van der Waals surface area (Å²) in [5.41, 5.74) is 36.5. The summed E-state index contributed by atoms with van der Waals surface area (Å²) in [6, 6.07) is 11.3. The van der Waals surface area contributed by atoms with Gasteiger partial charge in [0.05, 0.1) is 45.8 Å². The number of hydrogen-bond acceptors (Lipinski definition) is 4. The van der Waals surface area contributed by atoms with E-state index in [1.807, 2.05) is 12.4 Å². The van der Waals surface area contributed by atoms with Crippen molar-refractivity contribution < 1.29 is 0 Å². The molecule has 0 atom stereocenters. The third-order valence-electron chi connectivity index (χ3n) is 15.4. The monoisotopic (exact) mass is 762 g/mol. The van der Waals surface area contributed by atoms with Gasteiger partial charge < -0.3 is 9.80 Å². The van der Waals surface area contributed by atoms with E-state index >= 15 is 0 Å². The highest BCUT2D eigenvalue weighted by molar-refractivity contribution is 6.04. The van der Waals surface area contributed by atoms with Gasteiger partial charge in [-0.3, -0.25) is 4.98 Å². The van der Waals surface area contributed by atoms with Gasteiger partial charge >= 0.3 is 0 Å². The van der Waals surface area contributed by atoms with E-state index < -0.39 is 0 Å². The number of fused-ring (bicyclic) bond motifs is 4. The maximum absolute atomic E-state index is 11.1. The minimum Gasteiger partial charge on any atom is -0.309 e. The number of nitrogens with zero attached hydrogens (tertiary/aromatic N) is 4. The summed E-state index contributed by atoms with van der Waals surface area (Å²) in [7, 11) is 0. The molecule has 1 aromatic heterocycles. The molecule has 0 saturated heterocycles. The molecule has 0 bridgehead atoms. The predicted octanol–water partition coefficient (Wildman–Crippen LogP) is 14.3. The first-order chi connectivity index (χ1) is 27.4. The van der Waals surface area contributed by atoms with Gasteiger partial charge in [-0.2, -0.15) is 5.26 Å². The maximum atomic E-state index is 11.1. The Morgan fingerprint density at radius 3 is 0.966 bits per heavy atom. The average Bonchev–Trinajstić information content (AvgIpc) is 3.23. The van der Waals surface area contributed by atoms with Gasteiger partial charge in [-0.05, 0) is 252 Å². The molecule has 0 fully saturated rings. The smallest absolute Gasteiger partial charge is 0.0993 e. The number of rotatable bonds is 3. The van der Waals surface area contributed by atoms with Crippen LogP contribution in [0, 0.1) is 122 Å². The lowest BCUT2D eigenvalue weighted by Crippen LogP contribution is -2.27. The second-order valence-corrected chi connectivity index (χ2v) is 17.6. The summed E-state index contributed by atoms with van der Waals surface area (Å²) in [5.74, 6) is 0. The Balaban J connectivity index is 1.63. The lowest BCUT2D eigenvalue weighted by Gasteiger charge is -2.43. The molecule has 4 nitrogen and oxygen atoms in total. The SMILES string of the molecule is Cc1c(C)c(C)c2c(c1C)Cc1c(C)c(C)c(C)c(C)c1N2c1cc(C#N)cc(N2c3c(C)c(C)c(C)c(C)c3Cc3c(C)c(C)c(C)c(C)c32)c1-c1ccncc1. The minimum absolute atomic E-state index is 0.637. The summed E-state index contributed by atoms with van der Waals surface area (Å²) in [5, 5.41) is 11.1. The van der Waals surface area contributed by atoms with Crippen LogP contribution in [-0.2, 0) is 12.8 Å². The molecule has 0 spiro atoms. The summed E-state index contributed by atoms with van der Waals surface area (Å²) in [4.78, 5) is 9.68. The zero-order chi connectivity index (χ0) is 42.0. The van der Waals surface area contributed by atoms with Crippen molar-refractivity contribution in [2.45, 2.75) is 124 Å². The molecular formula is C54H58N4. The standard InChI is InChI=1S/C54H58N4/c1-26-30(5)38(13)51-44(34(26)9)23-45-35(10)27(2)31(6)39(14)52(45)57(51)48-21-42(25-55)22-49(50(48)43-17-19-56-20-18-43)58-53-40(15)32(7)28(3)36(11)46(53)24-47-37(12)29(4)33(8)41(16)54(47)58/h17-22H,23-24H2,1-16H3. The highest BCUT2D eigenvalue weighted by Gasteiger charge is 2.38. The van der Waals surface area contributed by atoms with Crippen LogP contribution in [0.25, 0.3) is 11.1 Å². The van der Waals surface area contributed by atoms with Gasteiger partial charge in [-0.15, -0.1) is 0 Å². The van der Waals surface area contributed by atoms with Crippen LogP contribution in [0.4, 0.5) is 34.1 Å². The normalized spacial score (nSPS) is 12.9. The third kappa shape index (κ3) is 5.28. The van der Waals surface area contributed by atoms with Gasteiger partial charge in [0.25, 0.3) is 0 Å². The van der Waals surface area contributed by atoms with Gasteiger partial charge in [0.1, 0.15) is 0 Å². The van der Waals surface area contributed by atoms with Crippen LogP contribution < -0.4 is 9.80 Å². The number of nitriles is 1. The largest absolute Gasteiger partial charge is 0.309 e. The van der Waals surface area contributed by atoms with Gasteiger partial charge in [0, 0.05) is 30.8 Å². The van der Waals surface area contributed by atoms with Crippen molar-refractivity contribution in [2.75, 3.05) is 9.80 Å². The van der Waals surface area contributed by atoms with Gasteiger partial charge in [-0.1, -0.05) is 0 Å².